The van der Waals surface area contributed by atoms with Gasteiger partial charge < -0.3 is 24.3 Å². The molecular weight excluding hydrogens is 350 g/mol. The molecule has 1 heterocycles. The summed E-state index contributed by atoms with van der Waals surface area (Å²) in [5.41, 5.74) is 3.74. The number of hydrogen-bond acceptors (Lipinski definition) is 6. The predicted molar refractivity (Wildman–Crippen MR) is 101 cm³/mol. The Kier molecular flexibility index (Phi) is 5.16. The van der Waals surface area contributed by atoms with E-state index >= 15 is 0 Å². The fourth-order valence-electron chi connectivity index (χ4n) is 2.68. The number of aromatic nitrogens is 1. The van der Waals surface area contributed by atoms with Crippen LogP contribution in [0.5, 0.6) is 23.0 Å². The zero-order valence-electron chi connectivity index (χ0n) is 15.1. The smallest absolute Gasteiger partial charge is 0.287 e. The monoisotopic (exact) mass is 369 g/mol. The minimum atomic E-state index is -0.457. The molecule has 27 heavy (non-hydrogen) atoms. The molecule has 3 aromatic rings. The second-order valence-corrected chi connectivity index (χ2v) is 5.54. The number of carbonyl (C=O) groups is 1. The van der Waals surface area contributed by atoms with Crippen LogP contribution in [0.2, 0.25) is 0 Å². The van der Waals surface area contributed by atoms with Crippen LogP contribution in [0.3, 0.4) is 0 Å². The zero-order valence-corrected chi connectivity index (χ0v) is 15.1. The van der Waals surface area contributed by atoms with Crippen LogP contribution >= 0.6 is 0 Å². The molecule has 0 radical (unpaired) electrons. The Balaban J connectivity index is 1.90. The van der Waals surface area contributed by atoms with Gasteiger partial charge in [-0.05, 0) is 18.2 Å². The lowest BCUT2D eigenvalue weighted by atomic mass is 10.2. The molecule has 140 valence electrons. The molecule has 0 unspecified atom stereocenters. The number of methoxy groups -OCH3 is 3. The van der Waals surface area contributed by atoms with Gasteiger partial charge in [-0.3, -0.25) is 4.79 Å². The number of aromatic amines is 1. The number of H-pyrrole nitrogens is 1. The predicted octanol–water partition coefficient (Wildman–Crippen LogP) is 2.66. The molecule has 3 rings (SSSR count). The standard InChI is InChI=1S/C19H19N3O5/c1-25-15-9-16(26-2)18(27-3)17-12(15)8-13(21-17)19(24)22-20-10-11-6-4-5-7-14(11)23/h4-10,21,23H,1-3H3,(H,22,24). The molecule has 0 spiro atoms. The molecule has 0 fully saturated rings. The van der Waals surface area contributed by atoms with Crippen molar-refractivity contribution in [3.8, 4) is 23.0 Å². The maximum atomic E-state index is 12.4. The number of rotatable bonds is 6. The highest BCUT2D eigenvalue weighted by Crippen LogP contribution is 2.41. The third-order valence-electron chi connectivity index (χ3n) is 3.99. The summed E-state index contributed by atoms with van der Waals surface area (Å²) in [6, 6.07) is 9.99. The first-order valence-electron chi connectivity index (χ1n) is 8.02. The Morgan fingerprint density at radius 1 is 1.11 bits per heavy atom. The van der Waals surface area contributed by atoms with Crippen molar-refractivity contribution in [1.29, 1.82) is 0 Å². The number of benzene rings is 2. The van der Waals surface area contributed by atoms with E-state index in [1.54, 1.807) is 30.3 Å². The van der Waals surface area contributed by atoms with Gasteiger partial charge in [-0.25, -0.2) is 5.43 Å². The largest absolute Gasteiger partial charge is 0.507 e. The topological polar surface area (TPSA) is 105 Å². The van der Waals surface area contributed by atoms with Crippen LogP contribution in [0.25, 0.3) is 10.9 Å². The summed E-state index contributed by atoms with van der Waals surface area (Å²) in [5, 5.41) is 14.3. The summed E-state index contributed by atoms with van der Waals surface area (Å²) in [4.78, 5) is 15.4. The second kappa shape index (κ2) is 7.69. The summed E-state index contributed by atoms with van der Waals surface area (Å²) in [6.45, 7) is 0. The van der Waals surface area contributed by atoms with Crippen LogP contribution in [-0.4, -0.2) is 43.5 Å². The minimum absolute atomic E-state index is 0.0719. The van der Waals surface area contributed by atoms with E-state index in [0.29, 0.717) is 33.7 Å². The molecule has 1 amide bonds. The average Bonchev–Trinajstić information content (AvgIpc) is 3.13. The third kappa shape index (κ3) is 3.50. The number of aromatic hydroxyl groups is 1. The van der Waals surface area contributed by atoms with Crippen LogP contribution in [0.4, 0.5) is 0 Å². The first-order valence-corrected chi connectivity index (χ1v) is 8.02. The highest BCUT2D eigenvalue weighted by Gasteiger charge is 2.19. The number of phenolic OH excluding ortho intramolecular Hbond substituents is 1. The molecule has 0 saturated carbocycles. The molecule has 2 aromatic carbocycles. The summed E-state index contributed by atoms with van der Waals surface area (Å²) in [5.74, 6) is 1.09. The van der Waals surface area contributed by atoms with Crippen LogP contribution in [0.1, 0.15) is 16.1 Å². The van der Waals surface area contributed by atoms with Gasteiger partial charge in [0.05, 0.1) is 33.1 Å². The molecule has 8 heteroatoms. The fraction of sp³-hybridized carbons (Fsp3) is 0.158. The third-order valence-corrected chi connectivity index (χ3v) is 3.99. The first kappa shape index (κ1) is 18.1. The Morgan fingerprint density at radius 3 is 2.52 bits per heavy atom. The number of nitrogens with zero attached hydrogens (tertiary/aromatic N) is 1. The van der Waals surface area contributed by atoms with E-state index in [4.69, 9.17) is 14.2 Å². The number of para-hydroxylation sites is 1. The van der Waals surface area contributed by atoms with E-state index in [1.807, 2.05) is 0 Å². The van der Waals surface area contributed by atoms with Crippen molar-refractivity contribution in [3.63, 3.8) is 0 Å². The van der Waals surface area contributed by atoms with E-state index in [2.05, 4.69) is 15.5 Å². The van der Waals surface area contributed by atoms with E-state index < -0.39 is 5.91 Å². The molecule has 0 aliphatic rings. The van der Waals surface area contributed by atoms with Crippen molar-refractivity contribution < 1.29 is 24.1 Å². The van der Waals surface area contributed by atoms with Gasteiger partial charge in [-0.15, -0.1) is 0 Å². The van der Waals surface area contributed by atoms with Crippen molar-refractivity contribution in [3.05, 3.63) is 47.7 Å². The average molecular weight is 369 g/mol. The quantitative estimate of drug-likeness (QED) is 0.458. The summed E-state index contributed by atoms with van der Waals surface area (Å²) in [6.07, 6.45) is 1.36. The van der Waals surface area contributed by atoms with Gasteiger partial charge in [0, 0.05) is 17.0 Å². The van der Waals surface area contributed by atoms with E-state index in [0.717, 1.165) is 0 Å². The molecule has 1 aromatic heterocycles. The molecule has 8 nitrogen and oxygen atoms in total. The summed E-state index contributed by atoms with van der Waals surface area (Å²) < 4.78 is 16.1. The Hall–Kier alpha value is -3.68. The number of amides is 1. The molecule has 0 atom stereocenters. The van der Waals surface area contributed by atoms with Gasteiger partial charge in [0.2, 0.25) is 0 Å². The highest BCUT2D eigenvalue weighted by atomic mass is 16.5. The maximum absolute atomic E-state index is 12.4. The molecule has 0 aliphatic heterocycles. The van der Waals surface area contributed by atoms with Crippen molar-refractivity contribution in [2.45, 2.75) is 0 Å². The Bertz CT molecular complexity index is 1010. The number of fused-ring (bicyclic) bond motifs is 1. The number of nitrogens with one attached hydrogen (secondary N) is 2. The number of ether oxygens (including phenoxy) is 3. The van der Waals surface area contributed by atoms with Crippen molar-refractivity contribution in [2.75, 3.05) is 21.3 Å². The second-order valence-electron chi connectivity index (χ2n) is 5.54. The number of phenols is 1. The van der Waals surface area contributed by atoms with Crippen LogP contribution in [0.15, 0.2) is 41.5 Å². The summed E-state index contributed by atoms with van der Waals surface area (Å²) in [7, 11) is 4.57. The molecule has 3 N–H and O–H groups in total. The van der Waals surface area contributed by atoms with Gasteiger partial charge in [0.25, 0.3) is 5.91 Å². The normalized spacial score (nSPS) is 10.9. The molecule has 0 bridgehead atoms. The van der Waals surface area contributed by atoms with Crippen molar-refractivity contribution >= 4 is 23.0 Å². The lowest BCUT2D eigenvalue weighted by Crippen LogP contribution is -2.17. The number of hydrogen-bond donors (Lipinski definition) is 3. The SMILES string of the molecule is COc1cc(OC)c2cc(C(=O)NN=Cc3ccccc3O)[nH]c2c1OC. The minimum Gasteiger partial charge on any atom is -0.507 e. The maximum Gasteiger partial charge on any atom is 0.287 e. The molecule has 0 aliphatic carbocycles. The molecular formula is C19H19N3O5. The van der Waals surface area contributed by atoms with Gasteiger partial charge >= 0.3 is 0 Å². The van der Waals surface area contributed by atoms with E-state index in [1.165, 1.54) is 33.6 Å². The number of carbonyl (C=O) groups excluding carboxylic acids is 1. The van der Waals surface area contributed by atoms with Gasteiger partial charge in [-0.2, -0.15) is 5.10 Å². The van der Waals surface area contributed by atoms with E-state index in [-0.39, 0.29) is 11.4 Å². The van der Waals surface area contributed by atoms with Gasteiger partial charge in [0.15, 0.2) is 11.5 Å². The molecule has 0 saturated heterocycles. The zero-order chi connectivity index (χ0) is 19.4. The van der Waals surface area contributed by atoms with Crippen LogP contribution < -0.4 is 19.6 Å². The van der Waals surface area contributed by atoms with E-state index in [9.17, 15) is 9.90 Å². The summed E-state index contributed by atoms with van der Waals surface area (Å²) >= 11 is 0. The van der Waals surface area contributed by atoms with Crippen molar-refractivity contribution in [2.24, 2.45) is 5.10 Å². The fourth-order valence-corrected chi connectivity index (χ4v) is 2.68. The van der Waals surface area contributed by atoms with Gasteiger partial charge in [-0.1, -0.05) is 12.1 Å². The first-order chi connectivity index (χ1) is 13.1. The lowest BCUT2D eigenvalue weighted by Gasteiger charge is -2.11. The lowest BCUT2D eigenvalue weighted by molar-refractivity contribution is 0.0951. The van der Waals surface area contributed by atoms with Crippen LogP contribution in [-0.2, 0) is 0 Å². The Labute approximate surface area is 155 Å². The van der Waals surface area contributed by atoms with Gasteiger partial charge in [0.1, 0.15) is 17.2 Å². The Morgan fingerprint density at radius 2 is 1.85 bits per heavy atom. The number of hydrazone groups is 1. The van der Waals surface area contributed by atoms with Crippen molar-refractivity contribution in [1.82, 2.24) is 10.4 Å². The van der Waals surface area contributed by atoms with Crippen LogP contribution in [0, 0.1) is 0 Å². The highest BCUT2D eigenvalue weighted by molar-refractivity contribution is 6.02.